The molecule has 3 rings (SSSR count). The molecule has 1 aliphatic heterocycles. The monoisotopic (exact) mass is 383 g/mol. The van der Waals surface area contributed by atoms with Crippen LogP contribution < -0.4 is 4.90 Å². The van der Waals surface area contributed by atoms with Crippen LogP contribution in [0.1, 0.15) is 52.5 Å². The fourth-order valence-corrected chi connectivity index (χ4v) is 3.84. The van der Waals surface area contributed by atoms with E-state index in [1.165, 1.54) is 19.3 Å². The van der Waals surface area contributed by atoms with Crippen molar-refractivity contribution in [2.75, 3.05) is 24.5 Å². The highest BCUT2D eigenvalue weighted by molar-refractivity contribution is 5.79. The van der Waals surface area contributed by atoms with Crippen LogP contribution in [0.4, 0.5) is 5.88 Å². The van der Waals surface area contributed by atoms with Crippen molar-refractivity contribution in [2.45, 2.75) is 53.5 Å². The first-order valence-corrected chi connectivity index (χ1v) is 10.5. The van der Waals surface area contributed by atoms with Crippen LogP contribution in [0.15, 0.2) is 34.9 Å². The molecule has 0 bridgehead atoms. The van der Waals surface area contributed by atoms with Crippen molar-refractivity contribution >= 4 is 11.8 Å². The first kappa shape index (κ1) is 20.4. The van der Waals surface area contributed by atoms with Crippen LogP contribution in [0.2, 0.25) is 0 Å². The van der Waals surface area contributed by atoms with Gasteiger partial charge in [-0.25, -0.2) is 0 Å². The van der Waals surface area contributed by atoms with E-state index in [-0.39, 0.29) is 11.8 Å². The Bertz CT molecular complexity index is 761. The average molecular weight is 384 g/mol. The van der Waals surface area contributed by atoms with Gasteiger partial charge in [0.25, 0.3) is 0 Å². The summed E-state index contributed by atoms with van der Waals surface area (Å²) in [6, 6.07) is 10.1. The molecule has 0 unspecified atom stereocenters. The molecule has 1 aliphatic rings. The summed E-state index contributed by atoms with van der Waals surface area (Å²) in [4.78, 5) is 17.2. The standard InChI is InChI=1S/C23H33N3O2/c1-17(2)15-26(22(27)18(3)4)16-20-21(19-11-7-5-8-12-19)24-28-23(20)25-13-9-6-10-14-25/h5,7-8,11-12,17-18H,6,9-10,13-16H2,1-4H3. The summed E-state index contributed by atoms with van der Waals surface area (Å²) in [6.45, 7) is 11.5. The minimum atomic E-state index is -0.0303. The molecular weight excluding hydrogens is 350 g/mol. The van der Waals surface area contributed by atoms with Gasteiger partial charge in [-0.1, -0.05) is 63.2 Å². The Kier molecular flexibility index (Phi) is 6.76. The number of hydrogen-bond donors (Lipinski definition) is 0. The van der Waals surface area contributed by atoms with Crippen molar-refractivity contribution < 1.29 is 9.32 Å². The molecule has 1 aromatic heterocycles. The highest BCUT2D eigenvalue weighted by Crippen LogP contribution is 2.34. The van der Waals surface area contributed by atoms with E-state index in [9.17, 15) is 4.79 Å². The van der Waals surface area contributed by atoms with E-state index in [0.29, 0.717) is 12.5 Å². The first-order valence-electron chi connectivity index (χ1n) is 10.5. The largest absolute Gasteiger partial charge is 0.340 e. The molecule has 2 heterocycles. The molecule has 0 N–H and O–H groups in total. The minimum absolute atomic E-state index is 0.0303. The van der Waals surface area contributed by atoms with E-state index >= 15 is 0 Å². The molecule has 1 amide bonds. The molecule has 152 valence electrons. The predicted octanol–water partition coefficient (Wildman–Crippen LogP) is 4.97. The molecule has 5 nitrogen and oxygen atoms in total. The van der Waals surface area contributed by atoms with E-state index in [4.69, 9.17) is 4.52 Å². The normalized spacial score (nSPS) is 14.7. The molecular formula is C23H33N3O2. The summed E-state index contributed by atoms with van der Waals surface area (Å²) >= 11 is 0. The third kappa shape index (κ3) is 4.75. The lowest BCUT2D eigenvalue weighted by molar-refractivity contribution is -0.135. The molecule has 1 fully saturated rings. The highest BCUT2D eigenvalue weighted by Gasteiger charge is 2.28. The third-order valence-corrected chi connectivity index (χ3v) is 5.20. The summed E-state index contributed by atoms with van der Waals surface area (Å²) < 4.78 is 5.87. The Labute approximate surface area is 168 Å². The number of piperidine rings is 1. The van der Waals surface area contributed by atoms with Crippen LogP contribution in [0, 0.1) is 11.8 Å². The zero-order valence-corrected chi connectivity index (χ0v) is 17.6. The fourth-order valence-electron chi connectivity index (χ4n) is 3.84. The zero-order valence-electron chi connectivity index (χ0n) is 17.6. The van der Waals surface area contributed by atoms with E-state index in [1.807, 2.05) is 36.9 Å². The summed E-state index contributed by atoms with van der Waals surface area (Å²) in [5.41, 5.74) is 2.92. The molecule has 1 saturated heterocycles. The average Bonchev–Trinajstić information content (AvgIpc) is 3.11. The van der Waals surface area contributed by atoms with Crippen molar-refractivity contribution in [3.05, 3.63) is 35.9 Å². The van der Waals surface area contributed by atoms with Gasteiger partial charge in [0.1, 0.15) is 5.69 Å². The topological polar surface area (TPSA) is 49.6 Å². The quantitative estimate of drug-likeness (QED) is 0.677. The number of benzene rings is 1. The van der Waals surface area contributed by atoms with Gasteiger partial charge in [-0.05, 0) is 25.2 Å². The van der Waals surface area contributed by atoms with Crippen molar-refractivity contribution in [1.82, 2.24) is 10.1 Å². The second-order valence-electron chi connectivity index (χ2n) is 8.50. The van der Waals surface area contributed by atoms with Crippen molar-refractivity contribution in [3.63, 3.8) is 0 Å². The SMILES string of the molecule is CC(C)CN(Cc1c(-c2ccccc2)noc1N1CCCCC1)C(=O)C(C)C. The second-order valence-corrected chi connectivity index (χ2v) is 8.50. The lowest BCUT2D eigenvalue weighted by Crippen LogP contribution is -2.37. The van der Waals surface area contributed by atoms with E-state index < -0.39 is 0 Å². The van der Waals surface area contributed by atoms with Crippen LogP contribution in [0.3, 0.4) is 0 Å². The van der Waals surface area contributed by atoms with E-state index in [0.717, 1.165) is 42.3 Å². The first-order chi connectivity index (χ1) is 13.5. The Hall–Kier alpha value is -2.30. The smallest absolute Gasteiger partial charge is 0.232 e. The maximum atomic E-state index is 12.9. The summed E-state index contributed by atoms with van der Waals surface area (Å²) in [6.07, 6.45) is 3.60. The van der Waals surface area contributed by atoms with Gasteiger partial charge >= 0.3 is 0 Å². The molecule has 0 spiro atoms. The van der Waals surface area contributed by atoms with Gasteiger partial charge < -0.3 is 14.3 Å². The molecule has 0 saturated carbocycles. The number of aromatic nitrogens is 1. The van der Waals surface area contributed by atoms with Gasteiger partial charge in [0, 0.05) is 31.1 Å². The minimum Gasteiger partial charge on any atom is -0.340 e. The predicted molar refractivity (Wildman–Crippen MR) is 113 cm³/mol. The number of hydrogen-bond acceptors (Lipinski definition) is 4. The van der Waals surface area contributed by atoms with Crippen LogP contribution in [-0.4, -0.2) is 35.6 Å². The lowest BCUT2D eigenvalue weighted by Gasteiger charge is -2.29. The molecule has 5 heteroatoms. The van der Waals surface area contributed by atoms with E-state index in [1.54, 1.807) is 0 Å². The highest BCUT2D eigenvalue weighted by atomic mass is 16.5. The number of nitrogens with zero attached hydrogens (tertiary/aromatic N) is 3. The maximum absolute atomic E-state index is 12.9. The van der Waals surface area contributed by atoms with Gasteiger partial charge in [0.2, 0.25) is 11.8 Å². The van der Waals surface area contributed by atoms with Crippen LogP contribution in [0.5, 0.6) is 0 Å². The van der Waals surface area contributed by atoms with Gasteiger partial charge in [0.05, 0.1) is 12.1 Å². The van der Waals surface area contributed by atoms with Crippen molar-refractivity contribution in [2.24, 2.45) is 11.8 Å². The maximum Gasteiger partial charge on any atom is 0.232 e. The number of rotatable bonds is 7. The Morgan fingerprint density at radius 2 is 1.79 bits per heavy atom. The van der Waals surface area contributed by atoms with Crippen LogP contribution >= 0.6 is 0 Å². The molecule has 1 aromatic carbocycles. The third-order valence-electron chi connectivity index (χ3n) is 5.20. The molecule has 28 heavy (non-hydrogen) atoms. The van der Waals surface area contributed by atoms with Gasteiger partial charge in [0.15, 0.2) is 0 Å². The number of carbonyl (C=O) groups excluding carboxylic acids is 1. The van der Waals surface area contributed by atoms with Gasteiger partial charge in [-0.2, -0.15) is 0 Å². The van der Waals surface area contributed by atoms with Crippen molar-refractivity contribution in [1.29, 1.82) is 0 Å². The number of anilines is 1. The van der Waals surface area contributed by atoms with Crippen LogP contribution in [-0.2, 0) is 11.3 Å². The lowest BCUT2D eigenvalue weighted by atomic mass is 10.0. The second kappa shape index (κ2) is 9.26. The number of amides is 1. The Balaban J connectivity index is 1.99. The zero-order chi connectivity index (χ0) is 20.1. The summed E-state index contributed by atoms with van der Waals surface area (Å²) in [5, 5.41) is 4.44. The molecule has 0 aliphatic carbocycles. The molecule has 0 atom stereocenters. The Morgan fingerprint density at radius 1 is 1.11 bits per heavy atom. The van der Waals surface area contributed by atoms with Crippen molar-refractivity contribution in [3.8, 4) is 11.3 Å². The fraction of sp³-hybridized carbons (Fsp3) is 0.565. The number of carbonyl (C=O) groups is 1. The summed E-state index contributed by atoms with van der Waals surface area (Å²) in [5.74, 6) is 1.39. The van der Waals surface area contributed by atoms with Gasteiger partial charge in [-0.3, -0.25) is 4.79 Å². The Morgan fingerprint density at radius 3 is 2.39 bits per heavy atom. The van der Waals surface area contributed by atoms with Gasteiger partial charge in [-0.15, -0.1) is 0 Å². The van der Waals surface area contributed by atoms with Crippen LogP contribution in [0.25, 0.3) is 11.3 Å². The van der Waals surface area contributed by atoms with E-state index in [2.05, 4.69) is 36.0 Å². The molecule has 0 radical (unpaired) electrons. The summed E-state index contributed by atoms with van der Waals surface area (Å²) in [7, 11) is 0. The molecule has 2 aromatic rings.